The Morgan fingerprint density at radius 3 is 2.70 bits per heavy atom. The maximum absolute atomic E-state index is 4.82. The van der Waals surface area contributed by atoms with Gasteiger partial charge in [0.2, 0.25) is 0 Å². The lowest BCUT2D eigenvalue weighted by molar-refractivity contribution is 0.796. The summed E-state index contributed by atoms with van der Waals surface area (Å²) in [6.07, 6.45) is 1.21. The fourth-order valence-electron chi connectivity index (χ4n) is 1.90. The lowest BCUT2D eigenvalue weighted by atomic mass is 10.1. The van der Waals surface area contributed by atoms with Crippen LogP contribution in [0.25, 0.3) is 10.4 Å². The summed E-state index contributed by atoms with van der Waals surface area (Å²) >= 11 is 3.83. The van der Waals surface area contributed by atoms with Gasteiger partial charge in [-0.2, -0.15) is 11.8 Å². The van der Waals surface area contributed by atoms with Crippen LogP contribution in [0.3, 0.4) is 0 Å². The van der Waals surface area contributed by atoms with E-state index in [0.717, 1.165) is 12.3 Å². The standard InChI is InChI=1S/C16H22N2S2/c1-4-12(2)19-11-15-18-14(10-17-3)16(20-15)13-8-6-5-7-9-13/h5-9,12,17H,4,10-11H2,1-3H3. The predicted octanol–water partition coefficient (Wildman–Crippen LogP) is 4.56. The molecule has 108 valence electrons. The molecule has 1 aromatic carbocycles. The average molecular weight is 306 g/mol. The van der Waals surface area contributed by atoms with Gasteiger partial charge in [0.1, 0.15) is 5.01 Å². The maximum Gasteiger partial charge on any atom is 0.103 e. The summed E-state index contributed by atoms with van der Waals surface area (Å²) in [5, 5.41) is 5.16. The van der Waals surface area contributed by atoms with Crippen molar-refractivity contribution in [3.8, 4) is 10.4 Å². The minimum Gasteiger partial charge on any atom is -0.314 e. The first-order valence-corrected chi connectivity index (χ1v) is 8.91. The Hall–Kier alpha value is -0.840. The van der Waals surface area contributed by atoms with Gasteiger partial charge < -0.3 is 5.32 Å². The molecular formula is C16H22N2S2. The van der Waals surface area contributed by atoms with Crippen LogP contribution in [0.15, 0.2) is 30.3 Å². The van der Waals surface area contributed by atoms with Crippen molar-refractivity contribution in [1.29, 1.82) is 0 Å². The summed E-state index contributed by atoms with van der Waals surface area (Å²) in [6, 6.07) is 10.6. The number of thiazole rings is 1. The van der Waals surface area contributed by atoms with Crippen LogP contribution < -0.4 is 5.32 Å². The summed E-state index contributed by atoms with van der Waals surface area (Å²) in [5.74, 6) is 1.02. The Morgan fingerprint density at radius 1 is 1.30 bits per heavy atom. The highest BCUT2D eigenvalue weighted by Gasteiger charge is 2.13. The molecule has 1 atom stereocenters. The van der Waals surface area contributed by atoms with Gasteiger partial charge in [-0.25, -0.2) is 4.98 Å². The molecule has 0 aliphatic heterocycles. The van der Waals surface area contributed by atoms with Crippen molar-refractivity contribution in [2.75, 3.05) is 7.05 Å². The summed E-state index contributed by atoms with van der Waals surface area (Å²) in [4.78, 5) is 6.12. The van der Waals surface area contributed by atoms with Gasteiger partial charge in [-0.1, -0.05) is 44.2 Å². The molecule has 2 nitrogen and oxygen atoms in total. The van der Waals surface area contributed by atoms with Gasteiger partial charge in [0.15, 0.2) is 0 Å². The molecule has 1 N–H and O–H groups in total. The monoisotopic (exact) mass is 306 g/mol. The van der Waals surface area contributed by atoms with E-state index < -0.39 is 0 Å². The van der Waals surface area contributed by atoms with Gasteiger partial charge in [-0.3, -0.25) is 0 Å². The summed E-state index contributed by atoms with van der Waals surface area (Å²) in [7, 11) is 1.97. The Labute approximate surface area is 130 Å². The largest absolute Gasteiger partial charge is 0.314 e. The Morgan fingerprint density at radius 2 is 2.05 bits per heavy atom. The molecule has 2 rings (SSSR count). The summed E-state index contributed by atoms with van der Waals surface area (Å²) < 4.78 is 0. The third-order valence-electron chi connectivity index (χ3n) is 3.19. The number of benzene rings is 1. The van der Waals surface area contributed by atoms with E-state index in [1.807, 2.05) is 30.1 Å². The molecule has 0 spiro atoms. The highest BCUT2D eigenvalue weighted by Crippen LogP contribution is 2.32. The highest BCUT2D eigenvalue weighted by atomic mass is 32.2. The molecule has 2 aromatic rings. The normalized spacial score (nSPS) is 12.6. The molecule has 1 aromatic heterocycles. The first-order valence-electron chi connectivity index (χ1n) is 7.04. The molecule has 20 heavy (non-hydrogen) atoms. The smallest absolute Gasteiger partial charge is 0.103 e. The van der Waals surface area contributed by atoms with Crippen LogP contribution in [0.4, 0.5) is 0 Å². The van der Waals surface area contributed by atoms with E-state index in [9.17, 15) is 0 Å². The molecule has 0 radical (unpaired) electrons. The quantitative estimate of drug-likeness (QED) is 0.811. The molecule has 0 fully saturated rings. The molecule has 0 aliphatic carbocycles. The minimum atomic E-state index is 0.701. The van der Waals surface area contributed by atoms with E-state index in [0.29, 0.717) is 5.25 Å². The predicted molar refractivity (Wildman–Crippen MR) is 91.4 cm³/mol. The van der Waals surface area contributed by atoms with E-state index in [1.165, 1.54) is 27.6 Å². The molecule has 0 saturated heterocycles. The molecule has 1 heterocycles. The van der Waals surface area contributed by atoms with Crippen LogP contribution in [0.1, 0.15) is 31.0 Å². The maximum atomic E-state index is 4.82. The van der Waals surface area contributed by atoms with E-state index in [1.54, 1.807) is 0 Å². The van der Waals surface area contributed by atoms with Crippen LogP contribution in [-0.4, -0.2) is 17.3 Å². The second-order valence-electron chi connectivity index (χ2n) is 4.81. The van der Waals surface area contributed by atoms with Crippen molar-refractivity contribution in [3.05, 3.63) is 41.0 Å². The molecule has 4 heteroatoms. The molecule has 1 unspecified atom stereocenters. The van der Waals surface area contributed by atoms with Crippen LogP contribution in [0.5, 0.6) is 0 Å². The van der Waals surface area contributed by atoms with E-state index in [-0.39, 0.29) is 0 Å². The van der Waals surface area contributed by atoms with Gasteiger partial charge in [0, 0.05) is 17.5 Å². The number of rotatable bonds is 7. The van der Waals surface area contributed by atoms with E-state index in [4.69, 9.17) is 4.98 Å². The minimum absolute atomic E-state index is 0.701. The summed E-state index contributed by atoms with van der Waals surface area (Å²) in [6.45, 7) is 5.35. The van der Waals surface area contributed by atoms with Gasteiger partial charge in [0.25, 0.3) is 0 Å². The molecular weight excluding hydrogens is 284 g/mol. The van der Waals surface area contributed by atoms with Crippen molar-refractivity contribution in [2.45, 2.75) is 37.8 Å². The first kappa shape index (κ1) is 15.5. The van der Waals surface area contributed by atoms with Crippen molar-refractivity contribution in [3.63, 3.8) is 0 Å². The molecule has 0 bridgehead atoms. The third-order valence-corrected chi connectivity index (χ3v) is 5.86. The van der Waals surface area contributed by atoms with Gasteiger partial charge in [-0.15, -0.1) is 11.3 Å². The Balaban J connectivity index is 2.20. The zero-order valence-electron chi connectivity index (χ0n) is 12.3. The zero-order chi connectivity index (χ0) is 14.4. The average Bonchev–Trinajstić information content (AvgIpc) is 2.89. The number of aromatic nitrogens is 1. The molecule has 0 aliphatic rings. The number of nitrogens with zero attached hydrogens (tertiary/aromatic N) is 1. The van der Waals surface area contributed by atoms with Crippen molar-refractivity contribution < 1.29 is 0 Å². The number of nitrogens with one attached hydrogen (secondary N) is 1. The van der Waals surface area contributed by atoms with Gasteiger partial charge >= 0.3 is 0 Å². The molecule has 0 saturated carbocycles. The number of hydrogen-bond acceptors (Lipinski definition) is 4. The first-order chi connectivity index (χ1) is 9.74. The second-order valence-corrected chi connectivity index (χ2v) is 7.32. The van der Waals surface area contributed by atoms with Crippen molar-refractivity contribution in [1.82, 2.24) is 10.3 Å². The number of thioether (sulfide) groups is 1. The van der Waals surface area contributed by atoms with Crippen molar-refractivity contribution in [2.24, 2.45) is 0 Å². The fraction of sp³-hybridized carbons (Fsp3) is 0.438. The third kappa shape index (κ3) is 4.08. The number of hydrogen-bond donors (Lipinski definition) is 1. The van der Waals surface area contributed by atoms with Gasteiger partial charge in [-0.05, 0) is 19.0 Å². The Bertz CT molecular complexity index is 523. The van der Waals surface area contributed by atoms with Crippen LogP contribution >= 0.6 is 23.1 Å². The topological polar surface area (TPSA) is 24.9 Å². The molecule has 0 amide bonds. The Kier molecular flexibility index (Phi) is 6.07. The summed E-state index contributed by atoms with van der Waals surface area (Å²) in [5.41, 5.74) is 2.44. The van der Waals surface area contributed by atoms with Crippen LogP contribution in [0, 0.1) is 0 Å². The van der Waals surface area contributed by atoms with E-state index in [2.05, 4.69) is 49.5 Å². The van der Waals surface area contributed by atoms with Gasteiger partial charge in [0.05, 0.1) is 10.6 Å². The fourth-order valence-corrected chi connectivity index (χ4v) is 3.94. The SMILES string of the molecule is CCC(C)SCc1nc(CNC)c(-c2ccccc2)s1. The highest BCUT2D eigenvalue weighted by molar-refractivity contribution is 7.99. The van der Waals surface area contributed by atoms with Crippen LogP contribution in [0.2, 0.25) is 0 Å². The zero-order valence-corrected chi connectivity index (χ0v) is 14.0. The lowest BCUT2D eigenvalue weighted by Gasteiger charge is -2.05. The van der Waals surface area contributed by atoms with E-state index >= 15 is 0 Å². The lowest BCUT2D eigenvalue weighted by Crippen LogP contribution is -2.06. The van der Waals surface area contributed by atoms with Crippen molar-refractivity contribution >= 4 is 23.1 Å². The van der Waals surface area contributed by atoms with Crippen LogP contribution in [-0.2, 0) is 12.3 Å². The second kappa shape index (κ2) is 7.81.